The Hall–Kier alpha value is -2.45. The molecule has 1 aliphatic rings. The lowest BCUT2D eigenvalue weighted by atomic mass is 10.2. The quantitative estimate of drug-likeness (QED) is 0.815. The molecule has 0 spiro atoms. The highest BCUT2D eigenvalue weighted by Crippen LogP contribution is 2.29. The molecule has 0 bridgehead atoms. The lowest BCUT2D eigenvalue weighted by molar-refractivity contribution is -0.119. The summed E-state index contributed by atoms with van der Waals surface area (Å²) < 4.78 is 40.4. The molecule has 0 radical (unpaired) electrons. The van der Waals surface area contributed by atoms with Gasteiger partial charge in [-0.25, -0.2) is 12.8 Å². The third kappa shape index (κ3) is 3.35. The number of nitrogens with zero attached hydrogens (tertiary/aromatic N) is 1. The van der Waals surface area contributed by atoms with Gasteiger partial charge in [-0.3, -0.25) is 4.79 Å². The number of phenols is 1. The second-order valence-corrected chi connectivity index (χ2v) is 7.57. The Labute approximate surface area is 144 Å². The van der Waals surface area contributed by atoms with Gasteiger partial charge in [-0.05, 0) is 37.1 Å². The zero-order valence-corrected chi connectivity index (χ0v) is 14.0. The van der Waals surface area contributed by atoms with Crippen LogP contribution in [0.4, 0.5) is 10.1 Å². The molecule has 0 aliphatic carbocycles. The van der Waals surface area contributed by atoms with Crippen molar-refractivity contribution in [2.45, 2.75) is 23.8 Å². The van der Waals surface area contributed by atoms with Crippen molar-refractivity contribution >= 4 is 21.6 Å². The fourth-order valence-corrected chi connectivity index (χ4v) is 4.59. The first-order chi connectivity index (χ1) is 11.9. The minimum atomic E-state index is -4.13. The number of carbonyl (C=O) groups is 1. The number of hydrogen-bond acceptors (Lipinski definition) is 4. The van der Waals surface area contributed by atoms with Crippen molar-refractivity contribution in [1.82, 2.24) is 4.31 Å². The number of nitrogens with one attached hydrogen (secondary N) is 1. The third-order valence-corrected chi connectivity index (χ3v) is 6.03. The van der Waals surface area contributed by atoms with E-state index in [4.69, 9.17) is 0 Å². The summed E-state index contributed by atoms with van der Waals surface area (Å²) in [6, 6.07) is 10.3. The molecule has 1 unspecified atom stereocenters. The number of carbonyl (C=O) groups excluding carboxylic acids is 1. The number of sulfonamides is 1. The van der Waals surface area contributed by atoms with Gasteiger partial charge in [-0.15, -0.1) is 0 Å². The molecule has 2 aromatic carbocycles. The highest BCUT2D eigenvalue weighted by molar-refractivity contribution is 7.89. The summed E-state index contributed by atoms with van der Waals surface area (Å²) in [4.78, 5) is 12.1. The molecule has 1 aliphatic heterocycles. The Bertz CT molecular complexity index is 901. The van der Waals surface area contributed by atoms with E-state index >= 15 is 0 Å². The Kier molecular flexibility index (Phi) is 4.73. The minimum Gasteiger partial charge on any atom is -0.506 e. The van der Waals surface area contributed by atoms with E-state index in [2.05, 4.69) is 5.32 Å². The van der Waals surface area contributed by atoms with Gasteiger partial charge >= 0.3 is 0 Å². The lowest BCUT2D eigenvalue weighted by Crippen LogP contribution is -2.43. The molecule has 8 heteroatoms. The standard InChI is InChI=1S/C17H17FN2O4S/c18-12-6-1-4-10-16(12)25(23,24)20-11-5-8-14(20)17(22)19-13-7-2-3-9-15(13)21/h1-4,6-7,9-10,14,21H,5,8,11H2,(H,19,22). The molecular weight excluding hydrogens is 347 g/mol. The summed E-state index contributed by atoms with van der Waals surface area (Å²) in [7, 11) is -4.13. The average Bonchev–Trinajstić information content (AvgIpc) is 3.08. The predicted molar refractivity (Wildman–Crippen MR) is 90.1 cm³/mol. The zero-order valence-electron chi connectivity index (χ0n) is 13.2. The van der Waals surface area contributed by atoms with Gasteiger partial charge < -0.3 is 10.4 Å². The van der Waals surface area contributed by atoms with Gasteiger partial charge in [0, 0.05) is 6.54 Å². The van der Waals surface area contributed by atoms with Gasteiger partial charge in [0.15, 0.2) is 0 Å². The van der Waals surface area contributed by atoms with Crippen LogP contribution in [-0.4, -0.2) is 36.3 Å². The van der Waals surface area contributed by atoms with Crippen molar-refractivity contribution in [3.63, 3.8) is 0 Å². The molecule has 132 valence electrons. The van der Waals surface area contributed by atoms with Crippen LogP contribution >= 0.6 is 0 Å². The molecule has 25 heavy (non-hydrogen) atoms. The van der Waals surface area contributed by atoms with E-state index in [1.54, 1.807) is 12.1 Å². The normalized spacial score (nSPS) is 18.2. The van der Waals surface area contributed by atoms with Gasteiger partial charge in [0.05, 0.1) is 5.69 Å². The van der Waals surface area contributed by atoms with Crippen molar-refractivity contribution in [3.05, 3.63) is 54.3 Å². The van der Waals surface area contributed by atoms with Gasteiger partial charge in [0.25, 0.3) is 0 Å². The summed E-state index contributed by atoms with van der Waals surface area (Å²) >= 11 is 0. The molecule has 0 aromatic heterocycles. The molecule has 1 heterocycles. The maximum atomic E-state index is 13.9. The van der Waals surface area contributed by atoms with E-state index < -0.39 is 32.7 Å². The van der Waals surface area contributed by atoms with Crippen LogP contribution < -0.4 is 5.32 Å². The first-order valence-electron chi connectivity index (χ1n) is 7.76. The highest BCUT2D eigenvalue weighted by atomic mass is 32.2. The minimum absolute atomic E-state index is 0.114. The fraction of sp³-hybridized carbons (Fsp3) is 0.235. The summed E-state index contributed by atoms with van der Waals surface area (Å²) in [6.07, 6.45) is 0.819. The summed E-state index contributed by atoms with van der Waals surface area (Å²) in [5.41, 5.74) is 0.197. The molecule has 2 aromatic rings. The number of rotatable bonds is 4. The van der Waals surface area contributed by atoms with Gasteiger partial charge in [-0.2, -0.15) is 4.31 Å². The van der Waals surface area contributed by atoms with Crippen LogP contribution in [0.5, 0.6) is 5.75 Å². The fourth-order valence-electron chi connectivity index (χ4n) is 2.87. The molecule has 3 rings (SSSR count). The predicted octanol–water partition coefficient (Wildman–Crippen LogP) is 2.32. The Morgan fingerprint density at radius 1 is 1.16 bits per heavy atom. The van der Waals surface area contributed by atoms with E-state index in [0.29, 0.717) is 12.8 Å². The lowest BCUT2D eigenvalue weighted by Gasteiger charge is -2.23. The van der Waals surface area contributed by atoms with E-state index in [0.717, 1.165) is 10.4 Å². The third-order valence-electron chi connectivity index (χ3n) is 4.09. The van der Waals surface area contributed by atoms with Crippen molar-refractivity contribution in [3.8, 4) is 5.75 Å². The first-order valence-corrected chi connectivity index (χ1v) is 9.20. The molecule has 1 atom stereocenters. The number of phenolic OH excluding ortho intramolecular Hbond substituents is 1. The van der Waals surface area contributed by atoms with Crippen LogP contribution in [0.3, 0.4) is 0 Å². The smallest absolute Gasteiger partial charge is 0.246 e. The molecule has 0 saturated carbocycles. The number of hydrogen-bond donors (Lipinski definition) is 2. The van der Waals surface area contributed by atoms with Crippen molar-refractivity contribution < 1.29 is 22.7 Å². The number of aromatic hydroxyl groups is 1. The van der Waals surface area contributed by atoms with E-state index in [9.17, 15) is 22.7 Å². The molecule has 1 fully saturated rings. The number of benzene rings is 2. The SMILES string of the molecule is O=C(Nc1ccccc1O)C1CCCN1S(=O)(=O)c1ccccc1F. The number of amides is 1. The van der Waals surface area contributed by atoms with Crippen molar-refractivity contribution in [1.29, 1.82) is 0 Å². The number of halogens is 1. The zero-order chi connectivity index (χ0) is 18.0. The average molecular weight is 364 g/mol. The largest absolute Gasteiger partial charge is 0.506 e. The van der Waals surface area contributed by atoms with Crippen LogP contribution in [-0.2, 0) is 14.8 Å². The maximum absolute atomic E-state index is 13.9. The highest BCUT2D eigenvalue weighted by Gasteiger charge is 2.40. The molecular formula is C17H17FN2O4S. The van der Waals surface area contributed by atoms with E-state index in [1.165, 1.54) is 30.3 Å². The van der Waals surface area contributed by atoms with Crippen LogP contribution in [0.1, 0.15) is 12.8 Å². The molecule has 6 nitrogen and oxygen atoms in total. The number of anilines is 1. The summed E-state index contributed by atoms with van der Waals surface area (Å²) in [5, 5.41) is 12.3. The molecule has 2 N–H and O–H groups in total. The first kappa shape index (κ1) is 17.4. The Morgan fingerprint density at radius 2 is 1.84 bits per heavy atom. The second-order valence-electron chi connectivity index (χ2n) is 5.71. The summed E-state index contributed by atoms with van der Waals surface area (Å²) in [6.45, 7) is 0.134. The summed E-state index contributed by atoms with van der Waals surface area (Å²) in [5.74, 6) is -1.52. The monoisotopic (exact) mass is 364 g/mol. The molecule has 1 saturated heterocycles. The second kappa shape index (κ2) is 6.81. The topological polar surface area (TPSA) is 86.7 Å². The van der Waals surface area contributed by atoms with Crippen LogP contribution in [0.15, 0.2) is 53.4 Å². The van der Waals surface area contributed by atoms with Gasteiger partial charge in [0.2, 0.25) is 15.9 Å². The van der Waals surface area contributed by atoms with Crippen molar-refractivity contribution in [2.24, 2.45) is 0 Å². The van der Waals surface area contributed by atoms with Crippen LogP contribution in [0.2, 0.25) is 0 Å². The number of para-hydroxylation sites is 2. The van der Waals surface area contributed by atoms with Gasteiger partial charge in [0.1, 0.15) is 22.5 Å². The Morgan fingerprint density at radius 3 is 2.56 bits per heavy atom. The van der Waals surface area contributed by atoms with Crippen molar-refractivity contribution in [2.75, 3.05) is 11.9 Å². The maximum Gasteiger partial charge on any atom is 0.246 e. The Balaban J connectivity index is 1.86. The van der Waals surface area contributed by atoms with Gasteiger partial charge in [-0.1, -0.05) is 24.3 Å². The van der Waals surface area contributed by atoms with E-state index in [-0.39, 0.29) is 18.0 Å². The van der Waals surface area contributed by atoms with Crippen LogP contribution in [0, 0.1) is 5.82 Å². The van der Waals surface area contributed by atoms with E-state index in [1.807, 2.05) is 0 Å². The molecule has 1 amide bonds. The van der Waals surface area contributed by atoms with Crippen LogP contribution in [0.25, 0.3) is 0 Å².